The quantitative estimate of drug-likeness (QED) is 0.0220. The SMILES string of the molecule is COc1ccc(C(OC[C@@H]2C[C@@H](O)CN2C(=O)CCCCCNC(=O)CCCCCNC(=O)[C@H](CCCCNC(=O)CCCCOC2OC(COC(C)=O)C(O)C(O)C2N)NC(=O)CCCCOC2OC(COC(C)=O)C(O)C(O)C2N)(c2ccccc2)c2ccc(OC)cc2)cc1. The largest absolute Gasteiger partial charge is 0.497 e. The first-order valence-electron chi connectivity index (χ1n) is 34.3. The molecule has 546 valence electrons. The number of nitrogens with zero attached hydrogens (tertiary/aromatic N) is 1. The summed E-state index contributed by atoms with van der Waals surface area (Å²) in [7, 11) is 3.23. The van der Waals surface area contributed by atoms with Crippen molar-refractivity contribution in [2.75, 3.05) is 73.4 Å². The van der Waals surface area contributed by atoms with E-state index in [9.17, 15) is 59.1 Å². The summed E-state index contributed by atoms with van der Waals surface area (Å²) in [4.78, 5) is 90.5. The van der Waals surface area contributed by atoms with E-state index in [1.54, 1.807) is 19.1 Å². The highest BCUT2D eigenvalue weighted by atomic mass is 16.7. The molecule has 0 saturated carbocycles. The second-order valence-corrected chi connectivity index (χ2v) is 25.1. The van der Waals surface area contributed by atoms with Crippen molar-refractivity contribution in [2.45, 2.75) is 214 Å². The second kappa shape index (κ2) is 42.2. The minimum absolute atomic E-state index is 0.0469. The molecule has 5 amide bonds. The molecule has 13 atom stereocenters. The highest BCUT2D eigenvalue weighted by Gasteiger charge is 2.46. The van der Waals surface area contributed by atoms with Gasteiger partial charge in [0.15, 0.2) is 12.6 Å². The predicted molar refractivity (Wildman–Crippen MR) is 356 cm³/mol. The first kappa shape index (κ1) is 80.0. The zero-order valence-electron chi connectivity index (χ0n) is 57.0. The van der Waals surface area contributed by atoms with Gasteiger partial charge in [-0.1, -0.05) is 67.4 Å². The molecule has 28 heteroatoms. The number of rotatable bonds is 43. The third-order valence-electron chi connectivity index (χ3n) is 17.6. The molecular formula is C70H105N7O21. The fourth-order valence-corrected chi connectivity index (χ4v) is 12.0. The predicted octanol–water partition coefficient (Wildman–Crippen LogP) is 2.15. The molecule has 3 aliphatic heterocycles. The van der Waals surface area contributed by atoms with E-state index in [1.165, 1.54) is 13.8 Å². The normalized spacial score (nSPS) is 23.4. The smallest absolute Gasteiger partial charge is 0.302 e. The minimum Gasteiger partial charge on any atom is -0.497 e. The molecule has 3 aliphatic rings. The van der Waals surface area contributed by atoms with E-state index in [0.717, 1.165) is 16.7 Å². The highest BCUT2D eigenvalue weighted by molar-refractivity contribution is 5.87. The van der Waals surface area contributed by atoms with Gasteiger partial charge in [0.2, 0.25) is 29.5 Å². The van der Waals surface area contributed by atoms with Gasteiger partial charge < -0.3 is 106 Å². The molecule has 6 rings (SSSR count). The summed E-state index contributed by atoms with van der Waals surface area (Å²) in [6, 6.07) is 21.9. The molecule has 3 saturated heterocycles. The Bertz CT molecular complexity index is 2850. The summed E-state index contributed by atoms with van der Waals surface area (Å²) >= 11 is 0. The number of amides is 5. The van der Waals surface area contributed by atoms with Crippen LogP contribution in [-0.4, -0.2) is 225 Å². The number of carbonyl (C=O) groups is 7. The van der Waals surface area contributed by atoms with Crippen molar-refractivity contribution < 1.29 is 102 Å². The van der Waals surface area contributed by atoms with Crippen LogP contribution in [0.1, 0.15) is 146 Å². The average molecular weight is 1380 g/mol. The summed E-state index contributed by atoms with van der Waals surface area (Å²) in [5.41, 5.74) is 13.6. The topological polar surface area (TPSA) is 407 Å². The van der Waals surface area contributed by atoms with Crippen LogP contribution in [0, 0.1) is 0 Å². The van der Waals surface area contributed by atoms with Crippen LogP contribution in [0.25, 0.3) is 0 Å². The number of esters is 2. The molecule has 0 aliphatic carbocycles. The fraction of sp³-hybridized carbons (Fsp3) is 0.643. The lowest BCUT2D eigenvalue weighted by atomic mass is 9.80. The van der Waals surface area contributed by atoms with Gasteiger partial charge in [0, 0.05) is 78.9 Å². The Balaban J connectivity index is 0.885. The van der Waals surface area contributed by atoms with Crippen LogP contribution in [0.4, 0.5) is 0 Å². The molecule has 3 aromatic carbocycles. The van der Waals surface area contributed by atoms with Crippen LogP contribution in [0.3, 0.4) is 0 Å². The molecule has 98 heavy (non-hydrogen) atoms. The lowest BCUT2D eigenvalue weighted by Gasteiger charge is -2.40. The zero-order valence-corrected chi connectivity index (χ0v) is 57.0. The molecule has 0 radical (unpaired) electrons. The third kappa shape index (κ3) is 25.4. The van der Waals surface area contributed by atoms with E-state index < -0.39 is 91.0 Å². The Hall–Kier alpha value is -6.93. The van der Waals surface area contributed by atoms with Gasteiger partial charge in [0.25, 0.3) is 0 Å². The van der Waals surface area contributed by atoms with Gasteiger partial charge in [-0.25, -0.2) is 0 Å². The molecule has 3 fully saturated rings. The van der Waals surface area contributed by atoms with Gasteiger partial charge >= 0.3 is 11.9 Å². The first-order valence-corrected chi connectivity index (χ1v) is 34.3. The minimum atomic E-state index is -1.41. The average Bonchev–Trinajstić information content (AvgIpc) is 0.862. The lowest BCUT2D eigenvalue weighted by molar-refractivity contribution is -0.267. The van der Waals surface area contributed by atoms with E-state index in [0.29, 0.717) is 115 Å². The molecule has 10 unspecified atom stereocenters. The third-order valence-corrected chi connectivity index (χ3v) is 17.6. The highest BCUT2D eigenvalue weighted by Crippen LogP contribution is 2.42. The summed E-state index contributed by atoms with van der Waals surface area (Å²) in [6.45, 7) is 3.43. The maximum absolute atomic E-state index is 13.8. The second-order valence-electron chi connectivity index (χ2n) is 25.1. The Morgan fingerprint density at radius 3 is 1.48 bits per heavy atom. The van der Waals surface area contributed by atoms with Gasteiger partial charge in [0.1, 0.15) is 73.0 Å². The Labute approximate surface area is 573 Å². The van der Waals surface area contributed by atoms with Crippen molar-refractivity contribution >= 4 is 41.5 Å². The number of unbranched alkanes of at least 4 members (excludes halogenated alkanes) is 7. The van der Waals surface area contributed by atoms with Gasteiger partial charge in [-0.05, 0) is 118 Å². The van der Waals surface area contributed by atoms with Gasteiger partial charge in [-0.15, -0.1) is 0 Å². The van der Waals surface area contributed by atoms with Crippen molar-refractivity contribution in [1.29, 1.82) is 0 Å². The van der Waals surface area contributed by atoms with Gasteiger partial charge in [-0.3, -0.25) is 33.6 Å². The number of hydrogen-bond donors (Lipinski definition) is 11. The maximum atomic E-state index is 13.8. The van der Waals surface area contributed by atoms with E-state index in [4.69, 9.17) is 54.1 Å². The number of β-amino-alcohol motifs (C(OH)–C–C–N with tert-alkyl or cyclic N) is 1. The Kier molecular flexibility index (Phi) is 34.5. The van der Waals surface area contributed by atoms with E-state index >= 15 is 0 Å². The number of methoxy groups -OCH3 is 2. The van der Waals surface area contributed by atoms with Crippen molar-refractivity contribution in [2.24, 2.45) is 11.5 Å². The molecule has 28 nitrogen and oxygen atoms in total. The zero-order chi connectivity index (χ0) is 71.0. The van der Waals surface area contributed by atoms with Crippen LogP contribution in [-0.2, 0) is 72.3 Å². The Morgan fingerprint density at radius 2 is 0.990 bits per heavy atom. The van der Waals surface area contributed by atoms with Crippen LogP contribution in [0.15, 0.2) is 78.9 Å². The number of nitrogens with two attached hydrogens (primary N) is 2. The molecular weight excluding hydrogens is 1270 g/mol. The van der Waals surface area contributed by atoms with Crippen LogP contribution >= 0.6 is 0 Å². The van der Waals surface area contributed by atoms with Crippen LogP contribution in [0.5, 0.6) is 11.5 Å². The number of aliphatic hydroxyl groups excluding tert-OH is 5. The first-order chi connectivity index (χ1) is 47.1. The molecule has 13 N–H and O–H groups in total. The van der Waals surface area contributed by atoms with Crippen LogP contribution < -0.4 is 42.2 Å². The number of benzene rings is 3. The van der Waals surface area contributed by atoms with E-state index in [1.807, 2.05) is 78.9 Å². The molecule has 0 spiro atoms. The summed E-state index contributed by atoms with van der Waals surface area (Å²) < 4.78 is 50.7. The fourth-order valence-electron chi connectivity index (χ4n) is 12.0. The summed E-state index contributed by atoms with van der Waals surface area (Å²) in [5.74, 6) is -0.928. The van der Waals surface area contributed by atoms with Crippen molar-refractivity contribution in [3.63, 3.8) is 0 Å². The summed E-state index contributed by atoms with van der Waals surface area (Å²) in [6.07, 6.45) is -2.74. The van der Waals surface area contributed by atoms with Crippen LogP contribution in [0.2, 0.25) is 0 Å². The van der Waals surface area contributed by atoms with Crippen molar-refractivity contribution in [3.05, 3.63) is 95.6 Å². The van der Waals surface area contributed by atoms with E-state index in [2.05, 4.69) is 21.3 Å². The molecule has 0 aromatic heterocycles. The number of hydrogen-bond acceptors (Lipinski definition) is 23. The lowest BCUT2D eigenvalue weighted by Crippen LogP contribution is -2.62. The standard InChI is InChI=1S/C70H105N7O21/c1-45(78)94-43-55-63(85)65(87)61(71)68(97-55)92-38-18-13-24-58(82)74-36-17-12-22-54(76-59(83)25-14-19-39-93-69-62(72)66(88)64(86)56(98-69)44-95-46(2)79)67(89)75-37-16-6-10-23-57(81)73-35-15-7-11-26-60(84)77-41-51(80)40-50(77)42-96-70(47-20-8-5-9-21-47,48-27-31-52(90-3)32-28-48)49-29-33-53(91-4)34-30-49/h5,8-9,20-21,27-34,50-51,54-56,61-66,68-69,80,85-88H,6-7,10-19,22-26,35-44,71-72H2,1-4H3,(H,73,81)(H,74,82)(H,75,89)(H,76,83)/t50-,51+,54-,55?,56?,61?,62?,63?,64?,65?,66?,68?,69?/m0/s1. The monoisotopic (exact) mass is 1380 g/mol. The van der Waals surface area contributed by atoms with Gasteiger partial charge in [0.05, 0.1) is 45.1 Å². The van der Waals surface area contributed by atoms with Gasteiger partial charge in [-0.2, -0.15) is 0 Å². The Morgan fingerprint density at radius 1 is 0.541 bits per heavy atom. The number of likely N-dealkylation sites (tertiary alicyclic amines) is 1. The summed E-state index contributed by atoms with van der Waals surface area (Å²) in [5, 5.41) is 63.9. The van der Waals surface area contributed by atoms with E-state index in [-0.39, 0.29) is 107 Å². The number of nitrogens with one attached hydrogen (secondary N) is 4. The number of ether oxygens (including phenoxy) is 9. The maximum Gasteiger partial charge on any atom is 0.302 e. The molecule has 3 heterocycles. The van der Waals surface area contributed by atoms with Crippen molar-refractivity contribution in [3.8, 4) is 11.5 Å². The van der Waals surface area contributed by atoms with Crippen molar-refractivity contribution in [1.82, 2.24) is 26.2 Å². The number of aliphatic hydroxyl groups is 5. The molecule has 0 bridgehead atoms. The molecule has 3 aromatic rings. The number of carbonyl (C=O) groups excluding carboxylic acids is 7.